The number of halogens is 1. The molecule has 6 rings (SSSR count). The van der Waals surface area contributed by atoms with Crippen molar-refractivity contribution in [3.63, 3.8) is 0 Å². The van der Waals surface area contributed by atoms with Gasteiger partial charge in [0.25, 0.3) is 0 Å². The first-order valence-corrected chi connectivity index (χ1v) is 10.5. The summed E-state index contributed by atoms with van der Waals surface area (Å²) in [4.78, 5) is 13.8. The maximum atomic E-state index is 13.6. The third-order valence-corrected chi connectivity index (χ3v) is 6.88. The van der Waals surface area contributed by atoms with E-state index in [1.165, 1.54) is 49.5 Å². The molecule has 0 saturated heterocycles. The van der Waals surface area contributed by atoms with Gasteiger partial charge in [0.05, 0.1) is 11.6 Å². The van der Waals surface area contributed by atoms with Crippen LogP contribution in [0.1, 0.15) is 43.5 Å². The quantitative estimate of drug-likeness (QED) is 0.574. The number of thiophene rings is 1. The SMILES string of the molecule is N=C(c1nc(NC2CC3CCC2CC3)c2ccsc2n1)c1cc(F)cnc1N. The Morgan fingerprint density at radius 2 is 2.07 bits per heavy atom. The third-order valence-electron chi connectivity index (χ3n) is 6.07. The van der Waals surface area contributed by atoms with E-state index >= 15 is 0 Å². The van der Waals surface area contributed by atoms with Crippen LogP contribution in [0.4, 0.5) is 16.0 Å². The molecular formula is C20H21FN6S. The molecule has 3 aromatic rings. The molecule has 3 saturated carbocycles. The summed E-state index contributed by atoms with van der Waals surface area (Å²) < 4.78 is 13.6. The number of anilines is 2. The van der Waals surface area contributed by atoms with E-state index in [1.807, 2.05) is 11.4 Å². The first kappa shape index (κ1) is 17.5. The molecular weight excluding hydrogens is 375 g/mol. The standard InChI is InChI=1S/C20H21FN6S/c21-12-8-14(17(23)24-9-12)16(22)19-26-18(13-5-6-28-20(13)27-19)25-15-7-10-1-3-11(15)4-2-10/h5-6,8-11,15,22H,1-4,7H2,(H2,23,24)(H,25,26,27). The molecule has 0 aliphatic heterocycles. The first-order valence-electron chi connectivity index (χ1n) is 9.60. The molecule has 1 unspecified atom stereocenters. The van der Waals surface area contributed by atoms with E-state index in [9.17, 15) is 4.39 Å². The Labute approximate surface area is 165 Å². The second-order valence-corrected chi connectivity index (χ2v) is 8.66. The normalized spacial score (nSPS) is 23.8. The van der Waals surface area contributed by atoms with Crippen LogP contribution >= 0.6 is 11.3 Å². The molecule has 3 aliphatic rings. The molecule has 3 aliphatic carbocycles. The van der Waals surface area contributed by atoms with E-state index in [2.05, 4.69) is 20.3 Å². The number of rotatable bonds is 4. The van der Waals surface area contributed by atoms with Gasteiger partial charge in [0, 0.05) is 11.6 Å². The van der Waals surface area contributed by atoms with Gasteiger partial charge in [-0.05, 0) is 48.6 Å². The molecule has 4 N–H and O–H groups in total. The topological polar surface area (TPSA) is 101 Å². The Morgan fingerprint density at radius 3 is 2.82 bits per heavy atom. The molecule has 2 bridgehead atoms. The maximum absolute atomic E-state index is 13.6. The second-order valence-electron chi connectivity index (χ2n) is 7.76. The molecule has 0 radical (unpaired) electrons. The number of nitrogens with two attached hydrogens (primary N) is 1. The van der Waals surface area contributed by atoms with Crippen molar-refractivity contribution < 1.29 is 4.39 Å². The number of nitrogen functional groups attached to an aromatic ring is 1. The minimum absolute atomic E-state index is 0.0204. The number of nitrogens with one attached hydrogen (secondary N) is 2. The molecule has 3 aromatic heterocycles. The van der Waals surface area contributed by atoms with E-state index in [-0.39, 0.29) is 22.9 Å². The van der Waals surface area contributed by atoms with Crippen LogP contribution in [0.25, 0.3) is 10.2 Å². The van der Waals surface area contributed by atoms with Crippen LogP contribution in [0.2, 0.25) is 0 Å². The Hall–Kier alpha value is -2.61. The van der Waals surface area contributed by atoms with E-state index in [4.69, 9.17) is 11.1 Å². The predicted molar refractivity (Wildman–Crippen MR) is 109 cm³/mol. The monoisotopic (exact) mass is 396 g/mol. The maximum Gasteiger partial charge on any atom is 0.181 e. The molecule has 1 atom stereocenters. The smallest absolute Gasteiger partial charge is 0.181 e. The minimum Gasteiger partial charge on any atom is -0.383 e. The highest BCUT2D eigenvalue weighted by Gasteiger charge is 2.36. The van der Waals surface area contributed by atoms with Gasteiger partial charge in [-0.1, -0.05) is 12.8 Å². The third kappa shape index (κ3) is 3.01. The van der Waals surface area contributed by atoms with Crippen molar-refractivity contribution >= 4 is 38.9 Å². The molecule has 8 heteroatoms. The largest absolute Gasteiger partial charge is 0.383 e. The number of pyridine rings is 1. The van der Waals surface area contributed by atoms with Crippen molar-refractivity contribution in [2.75, 3.05) is 11.1 Å². The summed E-state index contributed by atoms with van der Waals surface area (Å²) in [6.45, 7) is 0. The number of hydrogen-bond donors (Lipinski definition) is 3. The van der Waals surface area contributed by atoms with Gasteiger partial charge in [-0.3, -0.25) is 5.41 Å². The van der Waals surface area contributed by atoms with Crippen LogP contribution < -0.4 is 11.1 Å². The summed E-state index contributed by atoms with van der Waals surface area (Å²) in [5.74, 6) is 2.03. The average Bonchev–Trinajstić information content (AvgIpc) is 3.19. The molecule has 144 valence electrons. The predicted octanol–water partition coefficient (Wildman–Crippen LogP) is 4.21. The summed E-state index contributed by atoms with van der Waals surface area (Å²) in [6, 6.07) is 3.63. The summed E-state index contributed by atoms with van der Waals surface area (Å²) in [5, 5.41) is 15.1. The van der Waals surface area contributed by atoms with Crippen molar-refractivity contribution in [2.24, 2.45) is 11.8 Å². The number of aromatic nitrogens is 3. The van der Waals surface area contributed by atoms with E-state index in [0.29, 0.717) is 12.0 Å². The van der Waals surface area contributed by atoms with Crippen LogP contribution in [-0.4, -0.2) is 26.7 Å². The highest BCUT2D eigenvalue weighted by atomic mass is 32.1. The number of nitrogens with zero attached hydrogens (tertiary/aromatic N) is 3. The highest BCUT2D eigenvalue weighted by molar-refractivity contribution is 7.16. The van der Waals surface area contributed by atoms with E-state index < -0.39 is 5.82 Å². The van der Waals surface area contributed by atoms with Gasteiger partial charge in [-0.25, -0.2) is 19.3 Å². The lowest BCUT2D eigenvalue weighted by Crippen LogP contribution is -2.40. The highest BCUT2D eigenvalue weighted by Crippen LogP contribution is 2.42. The number of hydrogen-bond acceptors (Lipinski definition) is 7. The van der Waals surface area contributed by atoms with Gasteiger partial charge in [-0.2, -0.15) is 0 Å². The molecule has 0 spiro atoms. The van der Waals surface area contributed by atoms with Crippen molar-refractivity contribution in [3.05, 3.63) is 40.9 Å². The molecule has 0 amide bonds. The fourth-order valence-corrected chi connectivity index (χ4v) is 5.34. The van der Waals surface area contributed by atoms with Gasteiger partial charge in [0.1, 0.15) is 28.0 Å². The van der Waals surface area contributed by atoms with Gasteiger partial charge < -0.3 is 11.1 Å². The van der Waals surface area contributed by atoms with Gasteiger partial charge >= 0.3 is 0 Å². The zero-order valence-electron chi connectivity index (χ0n) is 15.3. The summed E-state index contributed by atoms with van der Waals surface area (Å²) in [7, 11) is 0. The Balaban J connectivity index is 1.52. The lowest BCUT2D eigenvalue weighted by Gasteiger charge is -2.42. The molecule has 0 aromatic carbocycles. The Kier molecular flexibility index (Phi) is 4.23. The molecule has 3 fully saturated rings. The summed E-state index contributed by atoms with van der Waals surface area (Å²) >= 11 is 1.50. The van der Waals surface area contributed by atoms with Crippen LogP contribution in [0.3, 0.4) is 0 Å². The zero-order valence-corrected chi connectivity index (χ0v) is 16.1. The summed E-state index contributed by atoms with van der Waals surface area (Å²) in [6.07, 6.45) is 7.43. The molecule has 28 heavy (non-hydrogen) atoms. The second kappa shape index (κ2) is 6.77. The van der Waals surface area contributed by atoms with Gasteiger partial charge in [0.2, 0.25) is 0 Å². The van der Waals surface area contributed by atoms with Crippen molar-refractivity contribution in [1.82, 2.24) is 15.0 Å². The first-order chi connectivity index (χ1) is 13.6. The van der Waals surface area contributed by atoms with Crippen molar-refractivity contribution in [2.45, 2.75) is 38.1 Å². The van der Waals surface area contributed by atoms with Crippen molar-refractivity contribution in [1.29, 1.82) is 5.41 Å². The van der Waals surface area contributed by atoms with Crippen LogP contribution in [0.15, 0.2) is 23.7 Å². The Bertz CT molecular complexity index is 1060. The van der Waals surface area contributed by atoms with Crippen LogP contribution in [0.5, 0.6) is 0 Å². The minimum atomic E-state index is -0.539. The lowest BCUT2D eigenvalue weighted by atomic mass is 9.68. The van der Waals surface area contributed by atoms with E-state index in [0.717, 1.165) is 28.1 Å². The Morgan fingerprint density at radius 1 is 1.25 bits per heavy atom. The summed E-state index contributed by atoms with van der Waals surface area (Å²) in [5.41, 5.74) is 6.05. The number of fused-ring (bicyclic) bond motifs is 4. The average molecular weight is 396 g/mol. The zero-order chi connectivity index (χ0) is 19.3. The van der Waals surface area contributed by atoms with Gasteiger partial charge in [0.15, 0.2) is 5.82 Å². The van der Waals surface area contributed by atoms with E-state index in [1.54, 1.807) is 0 Å². The van der Waals surface area contributed by atoms with Crippen LogP contribution in [0, 0.1) is 23.1 Å². The van der Waals surface area contributed by atoms with Gasteiger partial charge in [-0.15, -0.1) is 11.3 Å². The van der Waals surface area contributed by atoms with Crippen molar-refractivity contribution in [3.8, 4) is 0 Å². The molecule has 3 heterocycles. The van der Waals surface area contributed by atoms with Crippen LogP contribution in [-0.2, 0) is 0 Å². The fourth-order valence-electron chi connectivity index (χ4n) is 4.58. The molecule has 6 nitrogen and oxygen atoms in total. The fraction of sp³-hybridized carbons (Fsp3) is 0.400. The lowest BCUT2D eigenvalue weighted by molar-refractivity contribution is 0.157.